The predicted octanol–water partition coefficient (Wildman–Crippen LogP) is 4.71. The normalized spacial score (nSPS) is 21.1. The molecule has 0 atom stereocenters. The Balaban J connectivity index is 1.60. The molecule has 0 amide bonds. The minimum atomic E-state index is 0.506. The van der Waals surface area contributed by atoms with Gasteiger partial charge in [-0.3, -0.25) is 0 Å². The van der Waals surface area contributed by atoms with Gasteiger partial charge in [0.15, 0.2) is 0 Å². The summed E-state index contributed by atoms with van der Waals surface area (Å²) in [7, 11) is 1.71. The van der Waals surface area contributed by atoms with Crippen LogP contribution in [0, 0.1) is 0 Å². The van der Waals surface area contributed by atoms with E-state index in [0.717, 1.165) is 29.3 Å². The lowest BCUT2D eigenvalue weighted by Gasteiger charge is -2.37. The molecule has 1 N–H and O–H groups in total. The van der Waals surface area contributed by atoms with Crippen LogP contribution < -0.4 is 10.1 Å². The van der Waals surface area contributed by atoms with Crippen LogP contribution in [0.2, 0.25) is 5.02 Å². The summed E-state index contributed by atoms with van der Waals surface area (Å²) in [6, 6.07) is 16.8. The van der Waals surface area contributed by atoms with E-state index in [1.165, 1.54) is 5.56 Å². The van der Waals surface area contributed by atoms with Crippen LogP contribution in [0.15, 0.2) is 48.5 Å². The quantitative estimate of drug-likeness (QED) is 0.879. The number of methoxy groups -OCH3 is 1. The second kappa shape index (κ2) is 5.76. The molecule has 1 aliphatic rings. The lowest BCUT2D eigenvalue weighted by molar-refractivity contribution is 0.370. The fourth-order valence-corrected chi connectivity index (χ4v) is 2.89. The van der Waals surface area contributed by atoms with Crippen molar-refractivity contribution in [2.24, 2.45) is 0 Å². The fraction of sp³-hybridized carbons (Fsp3) is 0.294. The van der Waals surface area contributed by atoms with Gasteiger partial charge in [0, 0.05) is 6.04 Å². The molecular weight excluding hydrogens is 270 g/mol. The average molecular weight is 288 g/mol. The molecule has 0 unspecified atom stereocenters. The zero-order chi connectivity index (χ0) is 13.9. The number of hydrogen-bond acceptors (Lipinski definition) is 2. The molecular formula is C17H18ClNO. The van der Waals surface area contributed by atoms with E-state index in [2.05, 4.69) is 23.5 Å². The molecule has 2 aromatic carbocycles. The van der Waals surface area contributed by atoms with E-state index in [4.69, 9.17) is 16.3 Å². The van der Waals surface area contributed by atoms with Gasteiger partial charge >= 0.3 is 0 Å². The SMILES string of the molecule is COc1cccc(C2CC(Nc3ccccc3Cl)C2)c1. The number of para-hydroxylation sites is 1. The van der Waals surface area contributed by atoms with Crippen LogP contribution in [0.25, 0.3) is 0 Å². The van der Waals surface area contributed by atoms with Gasteiger partial charge in [0.25, 0.3) is 0 Å². The molecule has 0 spiro atoms. The van der Waals surface area contributed by atoms with Gasteiger partial charge in [0.2, 0.25) is 0 Å². The van der Waals surface area contributed by atoms with E-state index >= 15 is 0 Å². The van der Waals surface area contributed by atoms with Gasteiger partial charge < -0.3 is 10.1 Å². The van der Waals surface area contributed by atoms with Crippen LogP contribution in [-0.2, 0) is 0 Å². The Morgan fingerprint density at radius 3 is 2.65 bits per heavy atom. The summed E-state index contributed by atoms with van der Waals surface area (Å²) in [4.78, 5) is 0. The summed E-state index contributed by atoms with van der Waals surface area (Å²) < 4.78 is 5.28. The van der Waals surface area contributed by atoms with Crippen LogP contribution in [0.4, 0.5) is 5.69 Å². The molecule has 0 bridgehead atoms. The first-order valence-electron chi connectivity index (χ1n) is 6.91. The lowest BCUT2D eigenvalue weighted by Crippen LogP contribution is -2.34. The summed E-state index contributed by atoms with van der Waals surface area (Å²) in [5.74, 6) is 1.55. The number of nitrogens with one attached hydrogen (secondary N) is 1. The molecule has 2 nitrogen and oxygen atoms in total. The van der Waals surface area contributed by atoms with Crippen molar-refractivity contribution in [1.82, 2.24) is 0 Å². The molecule has 0 aliphatic heterocycles. The minimum absolute atomic E-state index is 0.506. The second-order valence-corrected chi connectivity index (χ2v) is 5.67. The maximum atomic E-state index is 6.16. The van der Waals surface area contributed by atoms with Crippen LogP contribution in [0.5, 0.6) is 5.75 Å². The maximum Gasteiger partial charge on any atom is 0.119 e. The van der Waals surface area contributed by atoms with Crippen molar-refractivity contribution in [2.75, 3.05) is 12.4 Å². The molecule has 3 rings (SSSR count). The molecule has 1 aliphatic carbocycles. The molecule has 0 saturated heterocycles. The van der Waals surface area contributed by atoms with E-state index in [9.17, 15) is 0 Å². The molecule has 20 heavy (non-hydrogen) atoms. The first-order chi connectivity index (χ1) is 9.76. The molecule has 0 aromatic heterocycles. The number of rotatable bonds is 4. The lowest BCUT2D eigenvalue weighted by atomic mass is 9.76. The molecule has 2 aromatic rings. The highest BCUT2D eigenvalue weighted by Crippen LogP contribution is 2.40. The Labute approximate surface area is 124 Å². The highest BCUT2D eigenvalue weighted by Gasteiger charge is 2.30. The Morgan fingerprint density at radius 2 is 1.90 bits per heavy atom. The average Bonchev–Trinajstić information content (AvgIpc) is 2.44. The fourth-order valence-electron chi connectivity index (χ4n) is 2.70. The van der Waals surface area contributed by atoms with Gasteiger partial charge in [-0.1, -0.05) is 35.9 Å². The Kier molecular flexibility index (Phi) is 3.83. The van der Waals surface area contributed by atoms with E-state index in [-0.39, 0.29) is 0 Å². The third-order valence-electron chi connectivity index (χ3n) is 3.94. The van der Waals surface area contributed by atoms with Crippen molar-refractivity contribution < 1.29 is 4.74 Å². The largest absolute Gasteiger partial charge is 0.497 e. The third kappa shape index (κ3) is 2.75. The van der Waals surface area contributed by atoms with Crippen molar-refractivity contribution >= 4 is 17.3 Å². The number of hydrogen-bond donors (Lipinski definition) is 1. The number of anilines is 1. The zero-order valence-corrected chi connectivity index (χ0v) is 12.2. The van der Waals surface area contributed by atoms with Gasteiger partial charge in [-0.2, -0.15) is 0 Å². The highest BCUT2D eigenvalue weighted by molar-refractivity contribution is 6.33. The zero-order valence-electron chi connectivity index (χ0n) is 11.5. The maximum absolute atomic E-state index is 6.16. The monoisotopic (exact) mass is 287 g/mol. The van der Waals surface area contributed by atoms with E-state index < -0.39 is 0 Å². The van der Waals surface area contributed by atoms with Gasteiger partial charge in [0.05, 0.1) is 17.8 Å². The molecule has 0 radical (unpaired) electrons. The van der Waals surface area contributed by atoms with E-state index in [1.807, 2.05) is 30.3 Å². The van der Waals surface area contributed by atoms with E-state index in [1.54, 1.807) is 7.11 Å². The van der Waals surface area contributed by atoms with Crippen molar-refractivity contribution in [3.63, 3.8) is 0 Å². The van der Waals surface area contributed by atoms with Crippen molar-refractivity contribution in [3.05, 3.63) is 59.1 Å². The number of halogens is 1. The van der Waals surface area contributed by atoms with Crippen molar-refractivity contribution in [1.29, 1.82) is 0 Å². The molecule has 104 valence electrons. The molecule has 1 saturated carbocycles. The molecule has 3 heteroatoms. The summed E-state index contributed by atoms with van der Waals surface area (Å²) in [6.07, 6.45) is 2.27. The smallest absolute Gasteiger partial charge is 0.119 e. The van der Waals surface area contributed by atoms with Gasteiger partial charge in [0.1, 0.15) is 5.75 Å². The number of ether oxygens (including phenoxy) is 1. The Bertz CT molecular complexity index is 593. The standard InChI is InChI=1S/C17H18ClNO/c1-20-15-6-4-5-12(11-15)13-9-14(10-13)19-17-8-3-2-7-16(17)18/h2-8,11,13-14,19H,9-10H2,1H3. The van der Waals surface area contributed by atoms with Crippen LogP contribution in [-0.4, -0.2) is 13.2 Å². The molecule has 1 fully saturated rings. The summed E-state index contributed by atoms with van der Waals surface area (Å²) in [6.45, 7) is 0. The van der Waals surface area contributed by atoms with Gasteiger partial charge in [-0.05, 0) is 48.6 Å². The first-order valence-corrected chi connectivity index (χ1v) is 7.29. The topological polar surface area (TPSA) is 21.3 Å². The Morgan fingerprint density at radius 1 is 1.10 bits per heavy atom. The highest BCUT2D eigenvalue weighted by atomic mass is 35.5. The number of benzene rings is 2. The second-order valence-electron chi connectivity index (χ2n) is 5.27. The van der Waals surface area contributed by atoms with Gasteiger partial charge in [-0.25, -0.2) is 0 Å². The first kappa shape index (κ1) is 13.3. The summed E-state index contributed by atoms with van der Waals surface area (Å²) in [5.41, 5.74) is 2.39. The van der Waals surface area contributed by atoms with Crippen molar-refractivity contribution in [2.45, 2.75) is 24.8 Å². The van der Waals surface area contributed by atoms with Crippen LogP contribution in [0.1, 0.15) is 24.3 Å². The van der Waals surface area contributed by atoms with Gasteiger partial charge in [-0.15, -0.1) is 0 Å². The van der Waals surface area contributed by atoms with Crippen molar-refractivity contribution in [3.8, 4) is 5.75 Å². The summed E-state index contributed by atoms with van der Waals surface area (Å²) in [5, 5.41) is 4.30. The third-order valence-corrected chi connectivity index (χ3v) is 4.27. The predicted molar refractivity (Wildman–Crippen MR) is 83.8 cm³/mol. The van der Waals surface area contributed by atoms with Crippen LogP contribution >= 0.6 is 11.6 Å². The minimum Gasteiger partial charge on any atom is -0.497 e. The van der Waals surface area contributed by atoms with E-state index in [0.29, 0.717) is 12.0 Å². The van der Waals surface area contributed by atoms with Crippen LogP contribution in [0.3, 0.4) is 0 Å². The Hall–Kier alpha value is -1.67. The summed E-state index contributed by atoms with van der Waals surface area (Å²) >= 11 is 6.16. The molecule has 0 heterocycles.